The Bertz CT molecular complexity index is 127. The lowest BCUT2D eigenvalue weighted by molar-refractivity contribution is -0.128. The molecule has 0 N–H and O–H groups in total. The third-order valence-electron chi connectivity index (χ3n) is 1.60. The zero-order valence-electron chi connectivity index (χ0n) is 5.32. The number of ether oxygens (including phenoxy) is 1. The Balaban J connectivity index is 2.61. The second-order valence-electron chi connectivity index (χ2n) is 2.32. The minimum atomic E-state index is -1.67. The van der Waals surface area contributed by atoms with Crippen molar-refractivity contribution in [1.82, 2.24) is 0 Å². The highest BCUT2D eigenvalue weighted by molar-refractivity contribution is 5.85. The van der Waals surface area contributed by atoms with Gasteiger partial charge in [-0.05, 0) is 6.92 Å². The molecule has 1 aliphatic heterocycles. The van der Waals surface area contributed by atoms with E-state index >= 15 is 0 Å². The lowest BCUT2D eigenvalue weighted by atomic mass is 10.0. The van der Waals surface area contributed by atoms with Crippen molar-refractivity contribution >= 4 is 5.78 Å². The normalized spacial score (nSPS) is 34.9. The van der Waals surface area contributed by atoms with E-state index in [9.17, 15) is 9.18 Å². The molecule has 1 unspecified atom stereocenters. The maximum atomic E-state index is 13.0. The smallest absolute Gasteiger partial charge is 0.193 e. The summed E-state index contributed by atoms with van der Waals surface area (Å²) in [5.74, 6) is -0.417. The van der Waals surface area contributed by atoms with Crippen molar-refractivity contribution in [2.24, 2.45) is 0 Å². The topological polar surface area (TPSA) is 26.3 Å². The van der Waals surface area contributed by atoms with Crippen LogP contribution in [0.5, 0.6) is 0 Å². The largest absolute Gasteiger partial charge is 0.377 e. The highest BCUT2D eigenvalue weighted by Crippen LogP contribution is 2.23. The number of alkyl halides is 1. The maximum Gasteiger partial charge on any atom is 0.193 e. The first kappa shape index (κ1) is 6.68. The first-order chi connectivity index (χ1) is 4.15. The molecule has 1 rings (SSSR count). The number of ketones is 1. The number of carbonyl (C=O) groups excluding carboxylic acids is 1. The van der Waals surface area contributed by atoms with Gasteiger partial charge in [0, 0.05) is 6.42 Å². The van der Waals surface area contributed by atoms with Gasteiger partial charge >= 0.3 is 0 Å². The molecule has 0 aromatic carbocycles. The summed E-state index contributed by atoms with van der Waals surface area (Å²) in [7, 11) is 0. The Morgan fingerprint density at radius 1 is 1.78 bits per heavy atom. The monoisotopic (exact) mass is 132 g/mol. The number of carbonyl (C=O) groups is 1. The lowest BCUT2D eigenvalue weighted by Gasteiger charge is -2.10. The number of halogens is 1. The SMILES string of the molecule is CC(=O)C1(F)CCOC1. The van der Waals surface area contributed by atoms with Crippen molar-refractivity contribution in [2.75, 3.05) is 13.2 Å². The molecule has 0 spiro atoms. The van der Waals surface area contributed by atoms with Crippen LogP contribution in [0.3, 0.4) is 0 Å². The predicted molar refractivity (Wildman–Crippen MR) is 30.0 cm³/mol. The minimum Gasteiger partial charge on any atom is -0.377 e. The Morgan fingerprint density at radius 3 is 2.67 bits per heavy atom. The van der Waals surface area contributed by atoms with Gasteiger partial charge in [0.1, 0.15) is 0 Å². The summed E-state index contributed by atoms with van der Waals surface area (Å²) in [6, 6.07) is 0. The Kier molecular flexibility index (Phi) is 1.53. The molecule has 52 valence electrons. The Labute approximate surface area is 53.0 Å². The zero-order chi connectivity index (χ0) is 6.91. The van der Waals surface area contributed by atoms with E-state index in [-0.39, 0.29) is 13.0 Å². The van der Waals surface area contributed by atoms with E-state index in [1.807, 2.05) is 0 Å². The van der Waals surface area contributed by atoms with E-state index in [4.69, 9.17) is 4.74 Å². The fourth-order valence-electron chi connectivity index (χ4n) is 0.818. The summed E-state index contributed by atoms with van der Waals surface area (Å²) in [6.45, 7) is 1.58. The van der Waals surface area contributed by atoms with Crippen LogP contribution in [0, 0.1) is 0 Å². The van der Waals surface area contributed by atoms with Gasteiger partial charge in [0.25, 0.3) is 0 Å². The van der Waals surface area contributed by atoms with Crippen molar-refractivity contribution in [3.05, 3.63) is 0 Å². The summed E-state index contributed by atoms with van der Waals surface area (Å²) in [5.41, 5.74) is -1.67. The van der Waals surface area contributed by atoms with E-state index in [0.29, 0.717) is 6.61 Å². The van der Waals surface area contributed by atoms with E-state index in [2.05, 4.69) is 0 Å². The van der Waals surface area contributed by atoms with Crippen LogP contribution in [-0.2, 0) is 9.53 Å². The molecular formula is C6H9FO2. The van der Waals surface area contributed by atoms with Crippen LogP contribution in [0.1, 0.15) is 13.3 Å². The van der Waals surface area contributed by atoms with E-state index in [1.165, 1.54) is 6.92 Å². The second-order valence-corrected chi connectivity index (χ2v) is 2.32. The van der Waals surface area contributed by atoms with Crippen molar-refractivity contribution in [3.8, 4) is 0 Å². The quantitative estimate of drug-likeness (QED) is 0.525. The van der Waals surface area contributed by atoms with Crippen molar-refractivity contribution in [2.45, 2.75) is 19.0 Å². The van der Waals surface area contributed by atoms with E-state index in [0.717, 1.165) is 0 Å². The molecule has 1 atom stereocenters. The van der Waals surface area contributed by atoms with Crippen LogP contribution in [-0.4, -0.2) is 24.7 Å². The number of hydrogen-bond donors (Lipinski definition) is 0. The van der Waals surface area contributed by atoms with Gasteiger partial charge in [-0.15, -0.1) is 0 Å². The third-order valence-corrected chi connectivity index (χ3v) is 1.60. The molecular weight excluding hydrogens is 123 g/mol. The fraction of sp³-hybridized carbons (Fsp3) is 0.833. The third kappa shape index (κ3) is 1.10. The minimum absolute atomic E-state index is 0.0532. The molecule has 0 saturated carbocycles. The van der Waals surface area contributed by atoms with Gasteiger partial charge in [0.05, 0.1) is 13.2 Å². The van der Waals surface area contributed by atoms with Gasteiger partial charge in [0.15, 0.2) is 11.5 Å². The molecule has 0 radical (unpaired) electrons. The molecule has 3 heteroatoms. The van der Waals surface area contributed by atoms with Crippen LogP contribution in [0.2, 0.25) is 0 Å². The summed E-state index contributed by atoms with van der Waals surface area (Å²) in [6.07, 6.45) is 0.225. The van der Waals surface area contributed by atoms with E-state index in [1.54, 1.807) is 0 Å². The standard InChI is InChI=1S/C6H9FO2/c1-5(8)6(7)2-3-9-4-6/h2-4H2,1H3. The Hall–Kier alpha value is -0.440. The zero-order valence-corrected chi connectivity index (χ0v) is 5.32. The summed E-state index contributed by atoms with van der Waals surface area (Å²) < 4.78 is 17.7. The fourth-order valence-corrected chi connectivity index (χ4v) is 0.818. The van der Waals surface area contributed by atoms with Crippen molar-refractivity contribution in [1.29, 1.82) is 0 Å². The molecule has 0 aliphatic carbocycles. The molecule has 0 aromatic rings. The molecule has 0 bridgehead atoms. The first-order valence-corrected chi connectivity index (χ1v) is 2.93. The first-order valence-electron chi connectivity index (χ1n) is 2.93. The van der Waals surface area contributed by atoms with Gasteiger partial charge in [-0.2, -0.15) is 0 Å². The number of Topliss-reactive ketones (excluding diaryl/α,β-unsaturated/α-hetero) is 1. The van der Waals surface area contributed by atoms with Crippen LogP contribution >= 0.6 is 0 Å². The lowest BCUT2D eigenvalue weighted by Crippen LogP contribution is -2.31. The van der Waals surface area contributed by atoms with Gasteiger partial charge in [-0.1, -0.05) is 0 Å². The predicted octanol–water partition coefficient (Wildman–Crippen LogP) is 0.704. The van der Waals surface area contributed by atoms with E-state index < -0.39 is 11.5 Å². The average Bonchev–Trinajstić information content (AvgIpc) is 2.16. The molecule has 9 heavy (non-hydrogen) atoms. The molecule has 0 amide bonds. The maximum absolute atomic E-state index is 13.0. The van der Waals surface area contributed by atoms with Crippen molar-refractivity contribution < 1.29 is 13.9 Å². The Morgan fingerprint density at radius 2 is 2.44 bits per heavy atom. The highest BCUT2D eigenvalue weighted by Gasteiger charge is 2.39. The molecule has 2 nitrogen and oxygen atoms in total. The van der Waals surface area contributed by atoms with Crippen LogP contribution in [0.15, 0.2) is 0 Å². The number of hydrogen-bond acceptors (Lipinski definition) is 2. The van der Waals surface area contributed by atoms with Crippen LogP contribution < -0.4 is 0 Å². The summed E-state index contributed by atoms with van der Waals surface area (Å²) in [4.78, 5) is 10.5. The highest BCUT2D eigenvalue weighted by atomic mass is 19.1. The van der Waals surface area contributed by atoms with Crippen LogP contribution in [0.4, 0.5) is 4.39 Å². The molecule has 1 heterocycles. The van der Waals surface area contributed by atoms with Gasteiger partial charge < -0.3 is 4.74 Å². The van der Waals surface area contributed by atoms with Crippen LogP contribution in [0.25, 0.3) is 0 Å². The molecule has 1 saturated heterocycles. The second kappa shape index (κ2) is 2.06. The van der Waals surface area contributed by atoms with Crippen molar-refractivity contribution in [3.63, 3.8) is 0 Å². The number of rotatable bonds is 1. The molecule has 0 aromatic heterocycles. The van der Waals surface area contributed by atoms with Gasteiger partial charge in [0.2, 0.25) is 0 Å². The summed E-state index contributed by atoms with van der Waals surface area (Å²) >= 11 is 0. The summed E-state index contributed by atoms with van der Waals surface area (Å²) in [5, 5.41) is 0. The molecule has 1 fully saturated rings. The average molecular weight is 132 g/mol. The molecule has 1 aliphatic rings. The van der Waals surface area contributed by atoms with Gasteiger partial charge in [-0.25, -0.2) is 4.39 Å². The van der Waals surface area contributed by atoms with Gasteiger partial charge in [-0.3, -0.25) is 4.79 Å².